The molecule has 2 N–H and O–H groups in total. The molecule has 5 nitrogen and oxygen atoms in total. The van der Waals surface area contributed by atoms with Gasteiger partial charge in [0.1, 0.15) is 23.4 Å². The molecule has 1 heterocycles. The first-order valence-corrected chi connectivity index (χ1v) is 7.59. The quantitative estimate of drug-likeness (QED) is 0.764. The number of phenolic OH excluding ortho intramolecular Hbond substituents is 1. The molecule has 0 saturated heterocycles. The van der Waals surface area contributed by atoms with Gasteiger partial charge in [0.05, 0.1) is 12.8 Å². The van der Waals surface area contributed by atoms with Gasteiger partial charge in [-0.05, 0) is 60.9 Å². The lowest BCUT2D eigenvalue weighted by Crippen LogP contribution is -2.00. The van der Waals surface area contributed by atoms with Gasteiger partial charge in [0.2, 0.25) is 0 Å². The van der Waals surface area contributed by atoms with E-state index >= 15 is 0 Å². The van der Waals surface area contributed by atoms with Gasteiger partial charge in [-0.3, -0.25) is 0 Å². The average Bonchev–Trinajstić information content (AvgIpc) is 2.92. The Hall–Kier alpha value is -2.79. The molecule has 24 heavy (non-hydrogen) atoms. The van der Waals surface area contributed by atoms with Crippen molar-refractivity contribution in [3.63, 3.8) is 0 Å². The second-order valence-electron chi connectivity index (χ2n) is 5.69. The van der Waals surface area contributed by atoms with Gasteiger partial charge < -0.3 is 19.5 Å². The maximum Gasteiger partial charge on any atom is 0.141 e. The number of aryl methyl sites for hydroxylation is 2. The van der Waals surface area contributed by atoms with Crippen LogP contribution in [0.4, 0.5) is 0 Å². The Morgan fingerprint density at radius 1 is 1.04 bits per heavy atom. The van der Waals surface area contributed by atoms with Crippen LogP contribution in [-0.4, -0.2) is 22.5 Å². The van der Waals surface area contributed by atoms with Crippen LogP contribution in [0.1, 0.15) is 28.7 Å². The number of hydrogen-bond acceptors (Lipinski definition) is 5. The molecule has 0 aliphatic heterocycles. The number of rotatable bonds is 4. The number of methoxy groups -OCH3 is 1. The highest BCUT2D eigenvalue weighted by molar-refractivity contribution is 5.70. The molecule has 0 aliphatic rings. The van der Waals surface area contributed by atoms with Gasteiger partial charge in [0.25, 0.3) is 0 Å². The summed E-state index contributed by atoms with van der Waals surface area (Å²) in [5.41, 5.74) is 3.63. The van der Waals surface area contributed by atoms with E-state index in [1.807, 2.05) is 19.9 Å². The average molecular weight is 325 g/mol. The molecule has 0 aliphatic carbocycles. The van der Waals surface area contributed by atoms with Crippen LogP contribution >= 0.6 is 0 Å². The normalized spacial score (nSPS) is 12.2. The smallest absolute Gasteiger partial charge is 0.141 e. The molecule has 1 unspecified atom stereocenters. The first-order chi connectivity index (χ1) is 11.5. The molecule has 0 amide bonds. The Morgan fingerprint density at radius 2 is 1.75 bits per heavy atom. The number of hydrogen-bond donors (Lipinski definition) is 2. The molecule has 1 aromatic heterocycles. The summed E-state index contributed by atoms with van der Waals surface area (Å²) in [4.78, 5) is 0. The van der Waals surface area contributed by atoms with Gasteiger partial charge in [0.15, 0.2) is 0 Å². The standard InChI is InChI=1S/C19H19NO4/c1-11-18(12(2)24-20-11)14-8-15(10-16(21)9-14)19(22)13-4-6-17(23-3)7-5-13/h4-10,19,21-22H,1-3H3. The molecule has 3 rings (SSSR count). The van der Waals surface area contributed by atoms with Gasteiger partial charge in [-0.1, -0.05) is 17.3 Å². The summed E-state index contributed by atoms with van der Waals surface area (Å²) < 4.78 is 10.3. The minimum Gasteiger partial charge on any atom is -0.508 e. The van der Waals surface area contributed by atoms with Gasteiger partial charge >= 0.3 is 0 Å². The number of phenols is 1. The van der Waals surface area contributed by atoms with Crippen molar-refractivity contribution in [2.24, 2.45) is 0 Å². The first kappa shape index (κ1) is 16.1. The minimum absolute atomic E-state index is 0.0788. The largest absolute Gasteiger partial charge is 0.508 e. The Morgan fingerprint density at radius 3 is 2.33 bits per heavy atom. The number of benzene rings is 2. The Kier molecular flexibility index (Phi) is 4.27. The Bertz CT molecular complexity index is 833. The molecule has 5 heteroatoms. The fourth-order valence-corrected chi connectivity index (χ4v) is 2.81. The van der Waals surface area contributed by atoms with E-state index in [4.69, 9.17) is 9.26 Å². The van der Waals surface area contributed by atoms with E-state index in [-0.39, 0.29) is 5.75 Å². The third-order valence-corrected chi connectivity index (χ3v) is 4.01. The maximum atomic E-state index is 10.6. The van der Waals surface area contributed by atoms with Gasteiger partial charge in [0, 0.05) is 5.56 Å². The van der Waals surface area contributed by atoms with Crippen molar-refractivity contribution in [3.05, 3.63) is 65.0 Å². The summed E-state index contributed by atoms with van der Waals surface area (Å²) in [5, 5.41) is 24.7. The molecule has 0 radical (unpaired) electrons. The summed E-state index contributed by atoms with van der Waals surface area (Å²) in [6, 6.07) is 12.2. The Labute approximate surface area is 140 Å². The predicted molar refractivity (Wildman–Crippen MR) is 90.1 cm³/mol. The second-order valence-corrected chi connectivity index (χ2v) is 5.69. The van der Waals surface area contributed by atoms with Gasteiger partial charge in [-0.15, -0.1) is 0 Å². The van der Waals surface area contributed by atoms with E-state index in [1.54, 1.807) is 43.5 Å². The third kappa shape index (κ3) is 2.98. The number of aliphatic hydroxyl groups is 1. The zero-order valence-corrected chi connectivity index (χ0v) is 13.8. The van der Waals surface area contributed by atoms with E-state index in [9.17, 15) is 10.2 Å². The van der Waals surface area contributed by atoms with Crippen LogP contribution in [0.3, 0.4) is 0 Å². The Balaban J connectivity index is 2.02. The van der Waals surface area contributed by atoms with E-state index in [1.165, 1.54) is 0 Å². The van der Waals surface area contributed by atoms with Crippen LogP contribution in [0, 0.1) is 13.8 Å². The van der Waals surface area contributed by atoms with Crippen LogP contribution < -0.4 is 4.74 Å². The molecule has 1 atom stereocenters. The van der Waals surface area contributed by atoms with Crippen LogP contribution in [0.15, 0.2) is 47.0 Å². The number of aromatic nitrogens is 1. The minimum atomic E-state index is -0.859. The van der Waals surface area contributed by atoms with Crippen molar-refractivity contribution >= 4 is 0 Å². The molecule has 3 aromatic rings. The van der Waals surface area contributed by atoms with Crippen LogP contribution in [0.2, 0.25) is 0 Å². The van der Waals surface area contributed by atoms with Crippen LogP contribution in [-0.2, 0) is 0 Å². The van der Waals surface area contributed by atoms with Crippen molar-refractivity contribution in [2.75, 3.05) is 7.11 Å². The lowest BCUT2D eigenvalue weighted by atomic mass is 9.96. The number of ether oxygens (including phenoxy) is 1. The zero-order valence-electron chi connectivity index (χ0n) is 13.8. The SMILES string of the molecule is COc1ccc(C(O)c2cc(O)cc(-c3c(C)noc3C)c2)cc1. The van der Waals surface area contributed by atoms with Crippen molar-refractivity contribution in [1.29, 1.82) is 0 Å². The lowest BCUT2D eigenvalue weighted by Gasteiger charge is -2.14. The lowest BCUT2D eigenvalue weighted by molar-refractivity contribution is 0.220. The van der Waals surface area contributed by atoms with Crippen LogP contribution in [0.5, 0.6) is 11.5 Å². The maximum absolute atomic E-state index is 10.6. The van der Waals surface area contributed by atoms with Crippen molar-refractivity contribution < 1.29 is 19.5 Å². The monoisotopic (exact) mass is 325 g/mol. The molecular formula is C19H19NO4. The predicted octanol–water partition coefficient (Wildman–Crippen LogP) is 3.75. The van der Waals surface area contributed by atoms with Crippen molar-refractivity contribution in [1.82, 2.24) is 5.16 Å². The van der Waals surface area contributed by atoms with E-state index in [0.29, 0.717) is 16.9 Å². The van der Waals surface area contributed by atoms with E-state index in [0.717, 1.165) is 22.6 Å². The van der Waals surface area contributed by atoms with Gasteiger partial charge in [-0.2, -0.15) is 0 Å². The zero-order chi connectivity index (χ0) is 17.3. The van der Waals surface area contributed by atoms with Crippen LogP contribution in [0.25, 0.3) is 11.1 Å². The third-order valence-electron chi connectivity index (χ3n) is 4.01. The summed E-state index contributed by atoms with van der Waals surface area (Å²) in [5.74, 6) is 1.47. The first-order valence-electron chi connectivity index (χ1n) is 7.59. The summed E-state index contributed by atoms with van der Waals surface area (Å²) in [6.45, 7) is 3.66. The molecular weight excluding hydrogens is 306 g/mol. The fraction of sp³-hybridized carbons (Fsp3) is 0.211. The molecule has 0 fully saturated rings. The number of aliphatic hydroxyl groups excluding tert-OH is 1. The highest BCUT2D eigenvalue weighted by Gasteiger charge is 2.17. The number of nitrogens with zero attached hydrogens (tertiary/aromatic N) is 1. The molecule has 0 spiro atoms. The van der Waals surface area contributed by atoms with E-state index < -0.39 is 6.10 Å². The number of aromatic hydroxyl groups is 1. The fourth-order valence-electron chi connectivity index (χ4n) is 2.81. The topological polar surface area (TPSA) is 75.7 Å². The summed E-state index contributed by atoms with van der Waals surface area (Å²) in [6.07, 6.45) is -0.859. The van der Waals surface area contributed by atoms with Gasteiger partial charge in [-0.25, -0.2) is 0 Å². The highest BCUT2D eigenvalue weighted by Crippen LogP contribution is 2.34. The highest BCUT2D eigenvalue weighted by atomic mass is 16.5. The molecule has 0 bridgehead atoms. The molecule has 124 valence electrons. The summed E-state index contributed by atoms with van der Waals surface area (Å²) in [7, 11) is 1.59. The molecule has 0 saturated carbocycles. The summed E-state index contributed by atoms with van der Waals surface area (Å²) >= 11 is 0. The van der Waals surface area contributed by atoms with Crippen molar-refractivity contribution in [3.8, 4) is 22.6 Å². The molecule has 2 aromatic carbocycles. The van der Waals surface area contributed by atoms with E-state index in [2.05, 4.69) is 5.16 Å². The second kappa shape index (κ2) is 6.37. The van der Waals surface area contributed by atoms with Crippen molar-refractivity contribution in [2.45, 2.75) is 20.0 Å².